The number of nitrogens with zero attached hydrogens (tertiary/aromatic N) is 5. The van der Waals surface area contributed by atoms with Gasteiger partial charge in [0.15, 0.2) is 5.96 Å². The molecule has 0 amide bonds. The van der Waals surface area contributed by atoms with Gasteiger partial charge in [0, 0.05) is 84.6 Å². The van der Waals surface area contributed by atoms with Crippen molar-refractivity contribution in [2.45, 2.75) is 32.4 Å². The first-order chi connectivity index (χ1) is 15.8. The molecule has 1 atom stereocenters. The lowest BCUT2D eigenvalue weighted by molar-refractivity contribution is 0.0195. The van der Waals surface area contributed by atoms with Crippen LogP contribution in [0.1, 0.15) is 25.3 Å². The van der Waals surface area contributed by atoms with Crippen LogP contribution in [0.3, 0.4) is 0 Å². The predicted molar refractivity (Wildman–Crippen MR) is 131 cm³/mol. The molecule has 1 aromatic carbocycles. The lowest BCUT2D eigenvalue weighted by atomic mass is 10.2. The van der Waals surface area contributed by atoms with Crippen LogP contribution in [0.5, 0.6) is 0 Å². The lowest BCUT2D eigenvalue weighted by Crippen LogP contribution is -2.47. The van der Waals surface area contributed by atoms with Crippen LogP contribution in [-0.4, -0.2) is 117 Å². The Balaban J connectivity index is 1.16. The van der Waals surface area contributed by atoms with Crippen LogP contribution in [-0.2, 0) is 11.3 Å². The molecule has 3 saturated heterocycles. The third-order valence-corrected chi connectivity index (χ3v) is 6.97. The minimum Gasteiger partial charge on any atom is -0.379 e. The van der Waals surface area contributed by atoms with Crippen LogP contribution in [0.4, 0.5) is 0 Å². The van der Waals surface area contributed by atoms with Crippen LogP contribution in [0.15, 0.2) is 35.3 Å². The number of aliphatic imine (C=N–C) groups is 1. The van der Waals surface area contributed by atoms with Crippen molar-refractivity contribution in [3.63, 3.8) is 0 Å². The molecule has 7 nitrogen and oxygen atoms in total. The summed E-state index contributed by atoms with van der Waals surface area (Å²) in [5.41, 5.74) is 1.42. The fourth-order valence-corrected chi connectivity index (χ4v) is 5.09. The summed E-state index contributed by atoms with van der Waals surface area (Å²) in [5, 5.41) is 3.53. The molecule has 32 heavy (non-hydrogen) atoms. The number of rotatable bonds is 8. The van der Waals surface area contributed by atoms with Crippen LogP contribution < -0.4 is 5.32 Å². The van der Waals surface area contributed by atoms with Crippen LogP contribution in [0, 0.1) is 0 Å². The summed E-state index contributed by atoms with van der Waals surface area (Å²) in [4.78, 5) is 15.2. The zero-order valence-electron chi connectivity index (χ0n) is 19.9. The number of ether oxygens (including phenoxy) is 1. The minimum atomic E-state index is 0.648. The van der Waals surface area contributed by atoms with Crippen molar-refractivity contribution >= 4 is 5.96 Å². The summed E-state index contributed by atoms with van der Waals surface area (Å²) in [6.45, 7) is 17.0. The molecule has 0 bridgehead atoms. The van der Waals surface area contributed by atoms with E-state index in [9.17, 15) is 0 Å². The number of morpholine rings is 1. The van der Waals surface area contributed by atoms with Gasteiger partial charge in [0.1, 0.15) is 0 Å². The molecule has 1 N–H and O–H groups in total. The van der Waals surface area contributed by atoms with Gasteiger partial charge in [-0.05, 0) is 25.3 Å². The van der Waals surface area contributed by atoms with Gasteiger partial charge in [0.25, 0.3) is 0 Å². The van der Waals surface area contributed by atoms with Crippen molar-refractivity contribution in [3.8, 4) is 0 Å². The van der Waals surface area contributed by atoms with E-state index < -0.39 is 0 Å². The predicted octanol–water partition coefficient (Wildman–Crippen LogP) is 1.57. The molecule has 3 heterocycles. The van der Waals surface area contributed by atoms with E-state index in [1.807, 2.05) is 0 Å². The molecule has 0 aliphatic carbocycles. The number of benzene rings is 1. The topological polar surface area (TPSA) is 46.6 Å². The standard InChI is InChI=1S/C25H42N6O/c1-2-26-25(31-12-9-24(22-31)30-17-19-32-20-18-30)27-10-6-11-28-13-15-29(16-14-28)21-23-7-4-3-5-8-23/h3-5,7-8,24H,2,6,9-22H2,1H3,(H,26,27). The highest BCUT2D eigenvalue weighted by Gasteiger charge is 2.30. The molecule has 4 rings (SSSR count). The van der Waals surface area contributed by atoms with Crippen molar-refractivity contribution in [2.24, 2.45) is 4.99 Å². The van der Waals surface area contributed by atoms with Gasteiger partial charge in [-0.15, -0.1) is 0 Å². The average Bonchev–Trinajstić information content (AvgIpc) is 3.34. The second-order valence-electron chi connectivity index (χ2n) is 9.23. The summed E-state index contributed by atoms with van der Waals surface area (Å²) in [6, 6.07) is 11.5. The molecular formula is C25H42N6O. The highest BCUT2D eigenvalue weighted by molar-refractivity contribution is 5.80. The second kappa shape index (κ2) is 12.5. The molecule has 0 saturated carbocycles. The smallest absolute Gasteiger partial charge is 0.193 e. The second-order valence-corrected chi connectivity index (χ2v) is 9.23. The number of likely N-dealkylation sites (tertiary alicyclic amines) is 1. The summed E-state index contributed by atoms with van der Waals surface area (Å²) in [5.74, 6) is 1.11. The molecule has 0 spiro atoms. The summed E-state index contributed by atoms with van der Waals surface area (Å²) in [6.07, 6.45) is 2.37. The van der Waals surface area contributed by atoms with Crippen LogP contribution in [0.2, 0.25) is 0 Å². The molecule has 178 valence electrons. The number of nitrogens with one attached hydrogen (secondary N) is 1. The maximum absolute atomic E-state index is 5.52. The number of piperazine rings is 1. The van der Waals surface area contributed by atoms with Crippen LogP contribution >= 0.6 is 0 Å². The monoisotopic (exact) mass is 442 g/mol. The van der Waals surface area contributed by atoms with Gasteiger partial charge in [-0.2, -0.15) is 0 Å². The lowest BCUT2D eigenvalue weighted by Gasteiger charge is -2.34. The van der Waals surface area contributed by atoms with E-state index in [1.54, 1.807) is 0 Å². The largest absolute Gasteiger partial charge is 0.379 e. The average molecular weight is 443 g/mol. The van der Waals surface area contributed by atoms with E-state index in [0.29, 0.717) is 6.04 Å². The number of hydrogen-bond acceptors (Lipinski definition) is 5. The Morgan fingerprint density at radius 1 is 1.00 bits per heavy atom. The van der Waals surface area contributed by atoms with Gasteiger partial charge < -0.3 is 19.9 Å². The van der Waals surface area contributed by atoms with E-state index in [0.717, 1.165) is 91.0 Å². The maximum atomic E-state index is 5.52. The normalized spacial score (nSPS) is 24.2. The Kier molecular flexibility index (Phi) is 9.20. The van der Waals surface area contributed by atoms with Gasteiger partial charge in [-0.25, -0.2) is 0 Å². The molecule has 1 unspecified atom stereocenters. The minimum absolute atomic E-state index is 0.648. The molecular weight excluding hydrogens is 400 g/mol. The van der Waals surface area contributed by atoms with Crippen molar-refractivity contribution in [2.75, 3.05) is 85.2 Å². The maximum Gasteiger partial charge on any atom is 0.193 e. The number of guanidine groups is 1. The molecule has 0 aromatic heterocycles. The van der Waals surface area contributed by atoms with Gasteiger partial charge in [-0.1, -0.05) is 30.3 Å². The van der Waals surface area contributed by atoms with Gasteiger partial charge in [0.05, 0.1) is 13.2 Å². The van der Waals surface area contributed by atoms with E-state index in [1.165, 1.54) is 25.1 Å². The van der Waals surface area contributed by atoms with Crippen molar-refractivity contribution in [3.05, 3.63) is 35.9 Å². The highest BCUT2D eigenvalue weighted by Crippen LogP contribution is 2.17. The van der Waals surface area contributed by atoms with E-state index >= 15 is 0 Å². The van der Waals surface area contributed by atoms with E-state index in [4.69, 9.17) is 9.73 Å². The van der Waals surface area contributed by atoms with Gasteiger partial charge in [-0.3, -0.25) is 14.8 Å². The van der Waals surface area contributed by atoms with Crippen molar-refractivity contribution in [1.29, 1.82) is 0 Å². The SMILES string of the molecule is CCNC(=NCCCN1CCN(Cc2ccccc2)CC1)N1CCC(N2CCOCC2)C1. The van der Waals surface area contributed by atoms with Gasteiger partial charge >= 0.3 is 0 Å². The van der Waals surface area contributed by atoms with Crippen LogP contribution in [0.25, 0.3) is 0 Å². The highest BCUT2D eigenvalue weighted by atomic mass is 16.5. The Bertz CT molecular complexity index is 685. The number of hydrogen-bond donors (Lipinski definition) is 1. The first-order valence-corrected chi connectivity index (χ1v) is 12.7. The van der Waals surface area contributed by atoms with Gasteiger partial charge in [0.2, 0.25) is 0 Å². The third-order valence-electron chi connectivity index (χ3n) is 6.97. The van der Waals surface area contributed by atoms with Crippen molar-refractivity contribution < 1.29 is 4.74 Å². The zero-order valence-corrected chi connectivity index (χ0v) is 19.9. The van der Waals surface area contributed by atoms with E-state index in [-0.39, 0.29) is 0 Å². The quantitative estimate of drug-likeness (QED) is 0.375. The Morgan fingerprint density at radius 2 is 1.75 bits per heavy atom. The molecule has 3 aliphatic heterocycles. The summed E-state index contributed by atoms with van der Waals surface area (Å²) < 4.78 is 5.52. The Labute approximate surface area is 194 Å². The first-order valence-electron chi connectivity index (χ1n) is 12.7. The fraction of sp³-hybridized carbons (Fsp3) is 0.720. The van der Waals surface area contributed by atoms with Crippen molar-refractivity contribution in [1.82, 2.24) is 24.9 Å². The summed E-state index contributed by atoms with van der Waals surface area (Å²) in [7, 11) is 0. The zero-order chi connectivity index (χ0) is 22.0. The Hall–Kier alpha value is -1.67. The molecule has 3 fully saturated rings. The summed E-state index contributed by atoms with van der Waals surface area (Å²) >= 11 is 0. The molecule has 7 heteroatoms. The fourth-order valence-electron chi connectivity index (χ4n) is 5.09. The first kappa shape index (κ1) is 23.5. The Morgan fingerprint density at radius 3 is 2.50 bits per heavy atom. The third kappa shape index (κ3) is 6.91. The molecule has 3 aliphatic rings. The molecule has 0 radical (unpaired) electrons. The van der Waals surface area contributed by atoms with E-state index in [2.05, 4.69) is 62.2 Å². The molecule has 1 aromatic rings.